The highest BCUT2D eigenvalue weighted by molar-refractivity contribution is 6.35. The molecule has 8 rings (SSSR count). The molecule has 2 aliphatic rings. The van der Waals surface area contributed by atoms with Crippen molar-refractivity contribution < 1.29 is 19.0 Å². The molecule has 12 heteroatoms. The minimum Gasteiger partial charge on any atom is -0.491 e. The van der Waals surface area contributed by atoms with Crippen molar-refractivity contribution in [1.82, 2.24) is 19.4 Å². The number of anilines is 1. The van der Waals surface area contributed by atoms with Gasteiger partial charge in [-0.15, -0.1) is 12.4 Å². The van der Waals surface area contributed by atoms with E-state index in [0.29, 0.717) is 35.4 Å². The number of imidazole rings is 1. The number of benzene rings is 5. The molecule has 308 valence electrons. The van der Waals surface area contributed by atoms with Crippen LogP contribution in [0.15, 0.2) is 140 Å². The number of carbonyl (C=O) groups excluding carboxylic acids is 1. The lowest BCUT2D eigenvalue weighted by Gasteiger charge is -2.35. The molecule has 2 aliphatic heterocycles. The molecule has 2 atom stereocenters. The number of fused-ring (bicyclic) bond motifs is 1. The van der Waals surface area contributed by atoms with Gasteiger partial charge in [0.2, 0.25) is 11.7 Å². The second-order valence-corrected chi connectivity index (χ2v) is 15.5. The summed E-state index contributed by atoms with van der Waals surface area (Å²) >= 11 is 12.7. The van der Waals surface area contributed by atoms with Gasteiger partial charge in [0.25, 0.3) is 0 Å². The first-order chi connectivity index (χ1) is 28.2. The van der Waals surface area contributed by atoms with Crippen molar-refractivity contribution >= 4 is 64.1 Å². The van der Waals surface area contributed by atoms with Crippen LogP contribution < -0.4 is 9.64 Å². The van der Waals surface area contributed by atoms with E-state index in [1.54, 1.807) is 31.6 Å². The van der Waals surface area contributed by atoms with Crippen LogP contribution in [0.2, 0.25) is 10.0 Å². The Morgan fingerprint density at radius 3 is 2.41 bits per heavy atom. The maximum Gasteiger partial charge on any atom is 0.219 e. The van der Waals surface area contributed by atoms with Gasteiger partial charge in [-0.3, -0.25) is 9.69 Å². The van der Waals surface area contributed by atoms with Crippen LogP contribution in [0.1, 0.15) is 23.6 Å². The minimum atomic E-state index is -1.08. The van der Waals surface area contributed by atoms with E-state index >= 15 is 0 Å². The Morgan fingerprint density at radius 2 is 1.68 bits per heavy atom. The first kappa shape index (κ1) is 43.7. The molecule has 6 aromatic rings. The number of amides is 1. The topological polar surface area (TPSA) is 72.3 Å². The molecule has 2 fully saturated rings. The Kier molecular flexibility index (Phi) is 15.5. The van der Waals surface area contributed by atoms with Crippen LogP contribution in [-0.4, -0.2) is 84.3 Å². The fourth-order valence-corrected chi connectivity index (χ4v) is 7.87. The third-order valence-corrected chi connectivity index (χ3v) is 10.9. The van der Waals surface area contributed by atoms with Crippen molar-refractivity contribution in [3.05, 3.63) is 167 Å². The van der Waals surface area contributed by atoms with Crippen LogP contribution in [0.25, 0.3) is 16.8 Å². The van der Waals surface area contributed by atoms with Gasteiger partial charge < -0.3 is 28.6 Å². The summed E-state index contributed by atoms with van der Waals surface area (Å²) in [6.07, 6.45) is 9.38. The first-order valence-corrected chi connectivity index (χ1v) is 20.3. The highest BCUT2D eigenvalue weighted by atomic mass is 35.5. The zero-order valence-corrected chi connectivity index (χ0v) is 35.7. The van der Waals surface area contributed by atoms with Crippen LogP contribution in [-0.2, 0) is 33.1 Å². The van der Waals surface area contributed by atoms with Gasteiger partial charge in [0.1, 0.15) is 18.5 Å². The molecule has 3 heterocycles. The number of piperazine rings is 1. The van der Waals surface area contributed by atoms with E-state index in [9.17, 15) is 4.79 Å². The molecule has 5 aromatic carbocycles. The maximum absolute atomic E-state index is 11.6. The van der Waals surface area contributed by atoms with Gasteiger partial charge in [-0.05, 0) is 65.3 Å². The lowest BCUT2D eigenvalue weighted by Crippen LogP contribution is -2.48. The summed E-state index contributed by atoms with van der Waals surface area (Å²) in [6.45, 7) is 7.70. The molecule has 0 spiro atoms. The molecule has 0 radical (unpaired) electrons. The van der Waals surface area contributed by atoms with Crippen LogP contribution in [0.4, 0.5) is 5.69 Å². The fraction of sp³-hybridized carbons (Fsp3) is 0.277. The number of hydrogen-bond donors (Lipinski definition) is 0. The number of aromatic nitrogens is 2. The van der Waals surface area contributed by atoms with Crippen LogP contribution in [0.5, 0.6) is 5.75 Å². The molecular formula is C47H50Cl3N5O4. The van der Waals surface area contributed by atoms with Crippen molar-refractivity contribution in [2.24, 2.45) is 0 Å². The number of halogens is 3. The second-order valence-electron chi connectivity index (χ2n) is 14.6. The average molecular weight is 855 g/mol. The van der Waals surface area contributed by atoms with E-state index in [0.717, 1.165) is 50.7 Å². The molecule has 1 aromatic heterocycles. The summed E-state index contributed by atoms with van der Waals surface area (Å²) in [4.78, 5) is 22.2. The monoisotopic (exact) mass is 853 g/mol. The lowest BCUT2D eigenvalue weighted by atomic mass is 10.0. The van der Waals surface area contributed by atoms with Gasteiger partial charge in [0.05, 0.1) is 24.5 Å². The zero-order chi connectivity index (χ0) is 40.3. The third-order valence-electron chi connectivity index (χ3n) is 10.4. The molecule has 0 bridgehead atoms. The Hall–Kier alpha value is -4.87. The van der Waals surface area contributed by atoms with Crippen molar-refractivity contribution in [2.45, 2.75) is 31.9 Å². The van der Waals surface area contributed by atoms with Crippen LogP contribution >= 0.6 is 35.6 Å². The second kappa shape index (κ2) is 20.9. The van der Waals surface area contributed by atoms with E-state index in [1.807, 2.05) is 52.1 Å². The SMILES string of the molecule is CC(=O)N1CCN(c2ccc(OC[C@H]3CO[C@](Cn4ccnc4)(c4ccc(Cl)cc4Cl)O3)cc2)CC1.CN(C/C=C/c1ccccc1)Cc1cccc2ccccc12.Cl. The standard InChI is InChI=1S/C26H28Cl2N4O4.C21H21N.ClH/c1-19(33)31-10-12-32(13-11-31)21-3-5-22(6-4-21)34-15-23-16-35-26(36-23,17-30-9-8-29-18-30)24-7-2-20(27)14-25(24)28;1-22(16-8-11-18-9-3-2-4-10-18)17-20-14-7-13-19-12-5-6-15-21(19)20;/h2-9,14,18,23H,10-13,15-17H2,1H3;2-15H,16-17H2,1H3;1H/b;11-8+;/t23-,26-;;/m0../s1. The summed E-state index contributed by atoms with van der Waals surface area (Å²) in [6, 6.07) is 38.9. The normalized spacial score (nSPS) is 17.8. The summed E-state index contributed by atoms with van der Waals surface area (Å²) in [7, 11) is 2.16. The summed E-state index contributed by atoms with van der Waals surface area (Å²) in [5, 5.41) is 3.68. The average Bonchev–Trinajstić information content (AvgIpc) is 3.91. The molecule has 59 heavy (non-hydrogen) atoms. The molecule has 0 unspecified atom stereocenters. The van der Waals surface area contributed by atoms with E-state index in [2.05, 4.69) is 101 Å². The largest absolute Gasteiger partial charge is 0.491 e. The van der Waals surface area contributed by atoms with E-state index < -0.39 is 5.79 Å². The first-order valence-electron chi connectivity index (χ1n) is 19.6. The van der Waals surface area contributed by atoms with Crippen molar-refractivity contribution in [3.8, 4) is 5.75 Å². The predicted octanol–water partition coefficient (Wildman–Crippen LogP) is 9.61. The van der Waals surface area contributed by atoms with Gasteiger partial charge in [-0.1, -0.05) is 114 Å². The van der Waals surface area contributed by atoms with E-state index in [1.165, 1.54) is 21.9 Å². The molecule has 0 N–H and O–H groups in total. The smallest absolute Gasteiger partial charge is 0.219 e. The fourth-order valence-electron chi connectivity index (χ4n) is 7.32. The highest BCUT2D eigenvalue weighted by Crippen LogP contribution is 2.40. The quantitative estimate of drug-likeness (QED) is 0.122. The van der Waals surface area contributed by atoms with Crippen LogP contribution in [0, 0.1) is 0 Å². The van der Waals surface area contributed by atoms with E-state index in [4.69, 9.17) is 37.4 Å². The number of nitrogens with zero attached hydrogens (tertiary/aromatic N) is 5. The number of likely N-dealkylation sites (N-methyl/N-ethyl adjacent to an activating group) is 1. The predicted molar refractivity (Wildman–Crippen MR) is 241 cm³/mol. The van der Waals surface area contributed by atoms with Gasteiger partial charge in [-0.25, -0.2) is 4.98 Å². The zero-order valence-electron chi connectivity index (χ0n) is 33.3. The lowest BCUT2D eigenvalue weighted by molar-refractivity contribution is -0.189. The molecule has 0 aliphatic carbocycles. The molecule has 2 saturated heterocycles. The van der Waals surface area contributed by atoms with Crippen molar-refractivity contribution in [3.63, 3.8) is 0 Å². The summed E-state index contributed by atoms with van der Waals surface area (Å²) < 4.78 is 20.6. The number of ether oxygens (including phenoxy) is 3. The molecule has 9 nitrogen and oxygen atoms in total. The molecular weight excluding hydrogens is 805 g/mol. The van der Waals surface area contributed by atoms with E-state index in [-0.39, 0.29) is 24.4 Å². The Balaban J connectivity index is 0.000000218. The Bertz CT molecular complexity index is 2260. The number of rotatable bonds is 12. The van der Waals surface area contributed by atoms with Gasteiger partial charge in [0.15, 0.2) is 0 Å². The molecule has 0 saturated carbocycles. The minimum absolute atomic E-state index is 0. The van der Waals surface area contributed by atoms with Crippen LogP contribution in [0.3, 0.4) is 0 Å². The Morgan fingerprint density at radius 1 is 0.932 bits per heavy atom. The van der Waals surface area contributed by atoms with Crippen molar-refractivity contribution in [2.75, 3.05) is 57.9 Å². The van der Waals surface area contributed by atoms with Gasteiger partial charge in [0, 0.05) is 74.9 Å². The summed E-state index contributed by atoms with van der Waals surface area (Å²) in [5.74, 6) is -0.201. The van der Waals surface area contributed by atoms with Crippen molar-refractivity contribution in [1.29, 1.82) is 0 Å². The number of carbonyl (C=O) groups is 1. The molecule has 1 amide bonds. The number of hydrogen-bond acceptors (Lipinski definition) is 7. The highest BCUT2D eigenvalue weighted by Gasteiger charge is 2.45. The summed E-state index contributed by atoms with van der Waals surface area (Å²) in [5.41, 5.74) is 4.46. The maximum atomic E-state index is 11.6. The van der Waals surface area contributed by atoms with Gasteiger partial charge in [-0.2, -0.15) is 0 Å². The third kappa shape index (κ3) is 11.7. The Labute approximate surface area is 363 Å². The van der Waals surface area contributed by atoms with Gasteiger partial charge >= 0.3 is 0 Å².